The first-order chi connectivity index (χ1) is 6.86. The molecule has 3 atom stereocenters. The molecule has 1 rings (SSSR count). The van der Waals surface area contributed by atoms with Crippen molar-refractivity contribution in [2.75, 3.05) is 0 Å². The van der Waals surface area contributed by atoms with E-state index in [0.29, 0.717) is 6.42 Å². The molecule has 0 radical (unpaired) electrons. The Morgan fingerprint density at radius 2 is 2.07 bits per heavy atom. The lowest BCUT2D eigenvalue weighted by molar-refractivity contribution is -0.146. The van der Waals surface area contributed by atoms with Gasteiger partial charge in [0.2, 0.25) is 0 Å². The van der Waals surface area contributed by atoms with Crippen molar-refractivity contribution in [3.05, 3.63) is 0 Å². The molecular weight excluding hydrogens is 192 g/mol. The largest absolute Gasteiger partial charge is 0.481 e. The van der Waals surface area contributed by atoms with E-state index in [0.717, 1.165) is 12.8 Å². The molecule has 1 heterocycles. The molecule has 0 amide bonds. The molecule has 1 aliphatic heterocycles. The van der Waals surface area contributed by atoms with Crippen LogP contribution in [0.3, 0.4) is 0 Å². The van der Waals surface area contributed by atoms with Crippen LogP contribution in [-0.2, 0) is 9.53 Å². The first-order valence-corrected chi connectivity index (χ1v) is 5.74. The van der Waals surface area contributed by atoms with Gasteiger partial charge in [-0.2, -0.15) is 0 Å². The van der Waals surface area contributed by atoms with Gasteiger partial charge in [0.1, 0.15) is 0 Å². The quantitative estimate of drug-likeness (QED) is 0.785. The van der Waals surface area contributed by atoms with Gasteiger partial charge in [0, 0.05) is 0 Å². The van der Waals surface area contributed by atoms with Crippen LogP contribution in [-0.4, -0.2) is 23.3 Å². The Morgan fingerprint density at radius 3 is 2.40 bits per heavy atom. The van der Waals surface area contributed by atoms with Crippen molar-refractivity contribution in [3.8, 4) is 0 Å². The van der Waals surface area contributed by atoms with Crippen LogP contribution in [0.15, 0.2) is 0 Å². The van der Waals surface area contributed by atoms with Crippen LogP contribution in [0.2, 0.25) is 0 Å². The standard InChI is InChI=1S/C12H22O3/c1-5-6-8-7-9(11(13)14)10(15-8)12(2,3)4/h8-10H,5-7H2,1-4H3,(H,13,14). The summed E-state index contributed by atoms with van der Waals surface area (Å²) in [5.41, 5.74) is -0.0917. The fourth-order valence-corrected chi connectivity index (χ4v) is 2.31. The molecule has 3 unspecified atom stereocenters. The first-order valence-electron chi connectivity index (χ1n) is 5.74. The maximum absolute atomic E-state index is 11.1. The summed E-state index contributed by atoms with van der Waals surface area (Å²) >= 11 is 0. The number of hydrogen-bond acceptors (Lipinski definition) is 2. The fraction of sp³-hybridized carbons (Fsp3) is 0.917. The lowest BCUT2D eigenvalue weighted by Gasteiger charge is -2.29. The Kier molecular flexibility index (Phi) is 3.77. The SMILES string of the molecule is CCCC1CC(C(=O)O)C(C(C)(C)C)O1. The van der Waals surface area contributed by atoms with Crippen LogP contribution in [0.4, 0.5) is 0 Å². The van der Waals surface area contributed by atoms with Crippen LogP contribution in [0.5, 0.6) is 0 Å². The third-order valence-electron chi connectivity index (χ3n) is 3.00. The second-order valence-corrected chi connectivity index (χ2v) is 5.51. The van der Waals surface area contributed by atoms with Crippen LogP contribution >= 0.6 is 0 Å². The summed E-state index contributed by atoms with van der Waals surface area (Å²) in [7, 11) is 0. The number of ether oxygens (including phenoxy) is 1. The van der Waals surface area contributed by atoms with Gasteiger partial charge in [-0.15, -0.1) is 0 Å². The van der Waals surface area contributed by atoms with Crippen molar-refractivity contribution < 1.29 is 14.6 Å². The summed E-state index contributed by atoms with van der Waals surface area (Å²) in [5.74, 6) is -1.05. The Hall–Kier alpha value is -0.570. The Balaban J connectivity index is 2.72. The summed E-state index contributed by atoms with van der Waals surface area (Å²) in [6, 6.07) is 0. The second kappa shape index (κ2) is 4.52. The van der Waals surface area contributed by atoms with E-state index >= 15 is 0 Å². The summed E-state index contributed by atoms with van der Waals surface area (Å²) in [5, 5.41) is 9.15. The van der Waals surface area contributed by atoms with E-state index in [1.807, 2.05) is 20.8 Å². The average Bonchev–Trinajstić information content (AvgIpc) is 2.48. The van der Waals surface area contributed by atoms with Crippen LogP contribution in [0.25, 0.3) is 0 Å². The van der Waals surface area contributed by atoms with Gasteiger partial charge in [0.15, 0.2) is 0 Å². The molecule has 3 nitrogen and oxygen atoms in total. The summed E-state index contributed by atoms with van der Waals surface area (Å²) < 4.78 is 5.86. The normalized spacial score (nSPS) is 31.9. The van der Waals surface area contributed by atoms with E-state index in [9.17, 15) is 4.79 Å². The van der Waals surface area contributed by atoms with E-state index in [2.05, 4.69) is 6.92 Å². The van der Waals surface area contributed by atoms with Gasteiger partial charge in [-0.3, -0.25) is 4.79 Å². The van der Waals surface area contributed by atoms with Gasteiger partial charge in [-0.05, 0) is 18.3 Å². The molecule has 88 valence electrons. The van der Waals surface area contributed by atoms with Gasteiger partial charge in [0.25, 0.3) is 0 Å². The Bertz CT molecular complexity index is 230. The summed E-state index contributed by atoms with van der Waals surface area (Å²) in [6.07, 6.45) is 2.68. The second-order valence-electron chi connectivity index (χ2n) is 5.51. The lowest BCUT2D eigenvalue weighted by Crippen LogP contribution is -2.35. The monoisotopic (exact) mass is 214 g/mol. The van der Waals surface area contributed by atoms with Crippen molar-refractivity contribution >= 4 is 5.97 Å². The number of hydrogen-bond donors (Lipinski definition) is 1. The van der Waals surface area contributed by atoms with Crippen molar-refractivity contribution in [2.45, 2.75) is 59.2 Å². The molecule has 0 saturated carbocycles. The molecular formula is C12H22O3. The Labute approximate surface area is 91.8 Å². The number of carboxylic acid groups (broad SMARTS) is 1. The molecule has 0 aromatic carbocycles. The number of rotatable bonds is 3. The molecule has 1 fully saturated rings. The van der Waals surface area contributed by atoms with E-state index in [1.165, 1.54) is 0 Å². The zero-order valence-corrected chi connectivity index (χ0v) is 10.1. The highest BCUT2D eigenvalue weighted by molar-refractivity contribution is 5.71. The van der Waals surface area contributed by atoms with E-state index in [-0.39, 0.29) is 23.5 Å². The minimum Gasteiger partial charge on any atom is -0.481 e. The number of aliphatic carboxylic acids is 1. The molecule has 0 aliphatic carbocycles. The predicted octanol–water partition coefficient (Wildman–Crippen LogP) is 2.69. The van der Waals surface area contributed by atoms with Crippen LogP contribution < -0.4 is 0 Å². The number of carboxylic acids is 1. The molecule has 3 heteroatoms. The minimum atomic E-state index is -0.714. The van der Waals surface area contributed by atoms with Gasteiger partial charge >= 0.3 is 5.97 Å². The molecule has 1 N–H and O–H groups in total. The summed E-state index contributed by atoms with van der Waals surface area (Å²) in [6.45, 7) is 8.23. The van der Waals surface area contributed by atoms with E-state index in [4.69, 9.17) is 9.84 Å². The molecule has 1 saturated heterocycles. The zero-order chi connectivity index (χ0) is 11.6. The highest BCUT2D eigenvalue weighted by Crippen LogP contribution is 2.39. The lowest BCUT2D eigenvalue weighted by atomic mass is 9.81. The van der Waals surface area contributed by atoms with E-state index in [1.54, 1.807) is 0 Å². The average molecular weight is 214 g/mol. The summed E-state index contributed by atoms with van der Waals surface area (Å²) in [4.78, 5) is 11.1. The first kappa shape index (κ1) is 12.5. The molecule has 0 aromatic rings. The maximum Gasteiger partial charge on any atom is 0.309 e. The number of carbonyl (C=O) groups is 1. The predicted molar refractivity (Wildman–Crippen MR) is 58.8 cm³/mol. The maximum atomic E-state index is 11.1. The molecule has 15 heavy (non-hydrogen) atoms. The van der Waals surface area contributed by atoms with Crippen molar-refractivity contribution in [1.29, 1.82) is 0 Å². The van der Waals surface area contributed by atoms with Crippen LogP contribution in [0, 0.1) is 11.3 Å². The third kappa shape index (κ3) is 2.94. The topological polar surface area (TPSA) is 46.5 Å². The van der Waals surface area contributed by atoms with Crippen molar-refractivity contribution in [2.24, 2.45) is 11.3 Å². The van der Waals surface area contributed by atoms with Gasteiger partial charge in [-0.25, -0.2) is 0 Å². The molecule has 1 aliphatic rings. The van der Waals surface area contributed by atoms with E-state index < -0.39 is 5.97 Å². The molecule has 0 spiro atoms. The van der Waals surface area contributed by atoms with Crippen LogP contribution in [0.1, 0.15) is 47.0 Å². The molecule has 0 aromatic heterocycles. The van der Waals surface area contributed by atoms with Gasteiger partial charge in [-0.1, -0.05) is 34.1 Å². The molecule has 0 bridgehead atoms. The van der Waals surface area contributed by atoms with Crippen molar-refractivity contribution in [3.63, 3.8) is 0 Å². The van der Waals surface area contributed by atoms with Gasteiger partial charge in [0.05, 0.1) is 18.1 Å². The Morgan fingerprint density at radius 1 is 1.47 bits per heavy atom. The minimum absolute atomic E-state index is 0.0917. The smallest absolute Gasteiger partial charge is 0.309 e. The highest BCUT2D eigenvalue weighted by Gasteiger charge is 2.45. The third-order valence-corrected chi connectivity index (χ3v) is 3.00. The zero-order valence-electron chi connectivity index (χ0n) is 10.1. The van der Waals surface area contributed by atoms with Crippen molar-refractivity contribution in [1.82, 2.24) is 0 Å². The highest BCUT2D eigenvalue weighted by atomic mass is 16.5. The van der Waals surface area contributed by atoms with Gasteiger partial charge < -0.3 is 9.84 Å². The fourth-order valence-electron chi connectivity index (χ4n) is 2.31.